The highest BCUT2D eigenvalue weighted by molar-refractivity contribution is 7.17. The summed E-state index contributed by atoms with van der Waals surface area (Å²) in [6.07, 6.45) is 0. The van der Waals surface area contributed by atoms with Crippen LogP contribution < -0.4 is 5.32 Å². The van der Waals surface area contributed by atoms with Gasteiger partial charge in [0.2, 0.25) is 0 Å². The van der Waals surface area contributed by atoms with Crippen LogP contribution >= 0.6 is 11.3 Å². The lowest BCUT2D eigenvalue weighted by molar-refractivity contribution is 0.0941. The minimum atomic E-state index is -0.0607. The smallest absolute Gasteiger partial charge is 0.255 e. The number of nitrogens with zero attached hydrogens (tertiary/aromatic N) is 3. The quantitative estimate of drug-likeness (QED) is 0.763. The van der Waals surface area contributed by atoms with Crippen molar-refractivity contribution in [1.29, 1.82) is 0 Å². The molecule has 0 bridgehead atoms. The predicted octanol–water partition coefficient (Wildman–Crippen LogP) is 3.28. The van der Waals surface area contributed by atoms with Gasteiger partial charge in [0.25, 0.3) is 5.91 Å². The molecule has 0 spiro atoms. The van der Waals surface area contributed by atoms with Crippen molar-refractivity contribution >= 4 is 27.3 Å². The molecular formula is C19H24N4OS. The van der Waals surface area contributed by atoms with E-state index in [1.54, 1.807) is 16.0 Å². The number of rotatable bonds is 5. The van der Waals surface area contributed by atoms with Crippen LogP contribution in [0.15, 0.2) is 29.6 Å². The lowest BCUT2D eigenvalue weighted by Crippen LogP contribution is -2.34. The topological polar surface area (TPSA) is 50.2 Å². The average molecular weight is 356 g/mol. The van der Waals surface area contributed by atoms with Crippen LogP contribution in [0.25, 0.3) is 10.1 Å². The Balaban J connectivity index is 1.82. The second kappa shape index (κ2) is 6.98. The van der Waals surface area contributed by atoms with E-state index in [0.717, 1.165) is 11.4 Å². The van der Waals surface area contributed by atoms with Gasteiger partial charge in [0.15, 0.2) is 0 Å². The summed E-state index contributed by atoms with van der Waals surface area (Å²) >= 11 is 1.75. The Labute approximate surface area is 152 Å². The number of fused-ring (bicyclic) bond motifs is 1. The highest BCUT2D eigenvalue weighted by atomic mass is 32.1. The Morgan fingerprint density at radius 1 is 1.32 bits per heavy atom. The molecule has 0 fully saturated rings. The number of hydrogen-bond donors (Lipinski definition) is 1. The summed E-state index contributed by atoms with van der Waals surface area (Å²) < 4.78 is 3.02. The summed E-state index contributed by atoms with van der Waals surface area (Å²) in [5, 5.41) is 10.9. The zero-order valence-corrected chi connectivity index (χ0v) is 16.1. The van der Waals surface area contributed by atoms with Gasteiger partial charge >= 0.3 is 0 Å². The Bertz CT molecular complexity index is 909. The lowest BCUT2D eigenvalue weighted by Gasteiger charge is -2.24. The van der Waals surface area contributed by atoms with Crippen molar-refractivity contribution in [3.8, 4) is 0 Å². The van der Waals surface area contributed by atoms with Crippen molar-refractivity contribution in [3.63, 3.8) is 0 Å². The second-order valence-electron chi connectivity index (χ2n) is 6.55. The van der Waals surface area contributed by atoms with Crippen molar-refractivity contribution in [2.24, 2.45) is 7.05 Å². The highest BCUT2D eigenvalue weighted by Gasteiger charge is 2.22. The van der Waals surface area contributed by atoms with Crippen LogP contribution in [-0.4, -0.2) is 41.2 Å². The minimum Gasteiger partial charge on any atom is -0.350 e. The molecular weight excluding hydrogens is 332 g/mol. The molecule has 25 heavy (non-hydrogen) atoms. The number of benzene rings is 1. The molecule has 0 aliphatic rings. The van der Waals surface area contributed by atoms with Crippen LogP contribution in [0.5, 0.6) is 0 Å². The second-order valence-corrected chi connectivity index (χ2v) is 7.46. The zero-order valence-electron chi connectivity index (χ0n) is 15.3. The molecule has 1 N–H and O–H groups in total. The Morgan fingerprint density at radius 3 is 2.68 bits per heavy atom. The summed E-state index contributed by atoms with van der Waals surface area (Å²) in [4.78, 5) is 14.8. The standard InChI is InChI=1S/C19H24N4OS/c1-12-18(13(2)23(5)21-12)19(24)20-10-16(22(3)4)15-11-25-17-9-7-6-8-14(15)17/h6-9,11,16H,10H2,1-5H3,(H,20,24)/t16-/m1/s1. The average Bonchev–Trinajstić information content (AvgIpc) is 3.09. The van der Waals surface area contributed by atoms with E-state index in [2.05, 4.69) is 45.0 Å². The molecule has 2 heterocycles. The van der Waals surface area contributed by atoms with Crippen LogP contribution in [0.4, 0.5) is 0 Å². The monoisotopic (exact) mass is 356 g/mol. The van der Waals surface area contributed by atoms with Gasteiger partial charge in [0, 0.05) is 24.0 Å². The molecule has 3 rings (SSSR count). The fourth-order valence-corrected chi connectivity index (χ4v) is 4.22. The third-order valence-electron chi connectivity index (χ3n) is 4.69. The van der Waals surface area contributed by atoms with E-state index in [1.807, 2.05) is 35.0 Å². The number of hydrogen-bond acceptors (Lipinski definition) is 4. The molecule has 0 aliphatic carbocycles. The molecule has 1 amide bonds. The van der Waals surface area contributed by atoms with E-state index >= 15 is 0 Å². The molecule has 0 aliphatic heterocycles. The summed E-state index contributed by atoms with van der Waals surface area (Å²) in [7, 11) is 5.95. The van der Waals surface area contributed by atoms with E-state index in [9.17, 15) is 4.79 Å². The Morgan fingerprint density at radius 2 is 2.04 bits per heavy atom. The van der Waals surface area contributed by atoms with Gasteiger partial charge in [0.1, 0.15) is 0 Å². The van der Waals surface area contributed by atoms with Gasteiger partial charge in [-0.3, -0.25) is 9.48 Å². The molecule has 5 nitrogen and oxygen atoms in total. The van der Waals surface area contributed by atoms with Gasteiger partial charge in [-0.25, -0.2) is 0 Å². The van der Waals surface area contributed by atoms with Gasteiger partial charge < -0.3 is 10.2 Å². The van der Waals surface area contributed by atoms with Crippen molar-refractivity contribution in [3.05, 3.63) is 52.2 Å². The van der Waals surface area contributed by atoms with Crippen molar-refractivity contribution in [2.45, 2.75) is 19.9 Å². The number of carbonyl (C=O) groups excluding carboxylic acids is 1. The summed E-state index contributed by atoms with van der Waals surface area (Å²) in [6.45, 7) is 4.35. The number of thiophene rings is 1. The van der Waals surface area contributed by atoms with E-state index in [0.29, 0.717) is 12.1 Å². The first-order valence-corrected chi connectivity index (χ1v) is 9.19. The third-order valence-corrected chi connectivity index (χ3v) is 5.67. The van der Waals surface area contributed by atoms with Crippen LogP contribution in [0, 0.1) is 13.8 Å². The Hall–Kier alpha value is -2.18. The maximum Gasteiger partial charge on any atom is 0.255 e. The first-order valence-electron chi connectivity index (χ1n) is 8.31. The molecule has 0 unspecified atom stereocenters. The molecule has 3 aromatic rings. The number of amides is 1. The molecule has 1 atom stereocenters. The molecule has 0 saturated heterocycles. The van der Waals surface area contributed by atoms with E-state index < -0.39 is 0 Å². The third kappa shape index (κ3) is 3.32. The molecule has 6 heteroatoms. The van der Waals surface area contributed by atoms with E-state index in [4.69, 9.17) is 0 Å². The molecule has 132 valence electrons. The maximum atomic E-state index is 12.7. The van der Waals surface area contributed by atoms with Gasteiger partial charge in [-0.05, 0) is 50.3 Å². The summed E-state index contributed by atoms with van der Waals surface area (Å²) in [6, 6.07) is 8.53. The van der Waals surface area contributed by atoms with Gasteiger partial charge in [-0.1, -0.05) is 18.2 Å². The SMILES string of the molecule is Cc1nn(C)c(C)c1C(=O)NC[C@H](c1csc2ccccc12)N(C)C. The number of nitrogens with one attached hydrogen (secondary N) is 1. The van der Waals surface area contributed by atoms with Crippen LogP contribution in [-0.2, 0) is 7.05 Å². The molecule has 2 aromatic heterocycles. The molecule has 0 saturated carbocycles. The predicted molar refractivity (Wildman–Crippen MR) is 103 cm³/mol. The van der Waals surface area contributed by atoms with Gasteiger partial charge in [-0.2, -0.15) is 5.10 Å². The maximum absolute atomic E-state index is 12.7. The van der Waals surface area contributed by atoms with Gasteiger partial charge in [-0.15, -0.1) is 11.3 Å². The van der Waals surface area contributed by atoms with Crippen LogP contribution in [0.2, 0.25) is 0 Å². The fraction of sp³-hybridized carbons (Fsp3) is 0.368. The first-order chi connectivity index (χ1) is 11.9. The number of aryl methyl sites for hydroxylation is 2. The van der Waals surface area contributed by atoms with Crippen molar-refractivity contribution in [2.75, 3.05) is 20.6 Å². The normalized spacial score (nSPS) is 12.7. The van der Waals surface area contributed by atoms with E-state index in [-0.39, 0.29) is 11.9 Å². The largest absolute Gasteiger partial charge is 0.350 e. The highest BCUT2D eigenvalue weighted by Crippen LogP contribution is 2.32. The number of carbonyl (C=O) groups is 1. The van der Waals surface area contributed by atoms with Crippen molar-refractivity contribution < 1.29 is 4.79 Å². The van der Waals surface area contributed by atoms with Gasteiger partial charge in [0.05, 0.1) is 17.3 Å². The molecule has 0 radical (unpaired) electrons. The van der Waals surface area contributed by atoms with Crippen LogP contribution in [0.3, 0.4) is 0 Å². The summed E-state index contributed by atoms with van der Waals surface area (Å²) in [5.74, 6) is -0.0607. The lowest BCUT2D eigenvalue weighted by atomic mass is 10.0. The van der Waals surface area contributed by atoms with E-state index in [1.165, 1.54) is 15.6 Å². The molecule has 1 aromatic carbocycles. The van der Waals surface area contributed by atoms with Crippen molar-refractivity contribution in [1.82, 2.24) is 20.0 Å². The number of aromatic nitrogens is 2. The minimum absolute atomic E-state index is 0.0607. The number of likely N-dealkylation sites (N-methyl/N-ethyl adjacent to an activating group) is 1. The fourth-order valence-electron chi connectivity index (χ4n) is 3.21. The zero-order chi connectivity index (χ0) is 18.1. The first kappa shape index (κ1) is 17.6. The van der Waals surface area contributed by atoms with Crippen LogP contribution in [0.1, 0.15) is 33.4 Å². The summed E-state index contributed by atoms with van der Waals surface area (Å²) in [5.41, 5.74) is 3.58. The Kier molecular flexibility index (Phi) is 4.92.